The molecule has 0 unspecified atom stereocenters. The highest BCUT2D eigenvalue weighted by molar-refractivity contribution is 7.18. The first-order valence-electron chi connectivity index (χ1n) is 10.9. The Hall–Kier alpha value is -1.73. The van der Waals surface area contributed by atoms with E-state index in [1.54, 1.807) is 15.9 Å². The Labute approximate surface area is 176 Å². The SMILES string of the molecule is Cc1sc2nc(C)n(CCC(=O)NC[C@H]3CCCN4CCCC[C@H]34)c(=O)c2c1C. The molecule has 2 aromatic heterocycles. The number of hydrogen-bond donors (Lipinski definition) is 1. The van der Waals surface area contributed by atoms with Gasteiger partial charge in [0, 0.05) is 30.4 Å². The Kier molecular flexibility index (Phi) is 6.06. The van der Waals surface area contributed by atoms with E-state index in [0.717, 1.165) is 21.8 Å². The molecule has 7 heteroatoms. The lowest BCUT2D eigenvalue weighted by molar-refractivity contribution is -0.121. The van der Waals surface area contributed by atoms with Crippen LogP contribution in [0.25, 0.3) is 10.2 Å². The first kappa shape index (κ1) is 20.5. The molecule has 0 radical (unpaired) electrons. The van der Waals surface area contributed by atoms with E-state index in [9.17, 15) is 9.59 Å². The largest absolute Gasteiger partial charge is 0.356 e. The maximum atomic E-state index is 13.0. The van der Waals surface area contributed by atoms with E-state index in [0.29, 0.717) is 36.1 Å². The van der Waals surface area contributed by atoms with Crippen molar-refractivity contribution < 1.29 is 4.79 Å². The van der Waals surface area contributed by atoms with E-state index >= 15 is 0 Å². The van der Waals surface area contributed by atoms with E-state index in [1.807, 2.05) is 20.8 Å². The maximum Gasteiger partial charge on any atom is 0.262 e. The van der Waals surface area contributed by atoms with Gasteiger partial charge in [-0.25, -0.2) is 4.98 Å². The van der Waals surface area contributed by atoms with Gasteiger partial charge in [0.05, 0.1) is 5.39 Å². The van der Waals surface area contributed by atoms with Crippen LogP contribution in [-0.2, 0) is 11.3 Å². The number of aryl methyl sites for hydroxylation is 3. The zero-order valence-corrected chi connectivity index (χ0v) is 18.6. The summed E-state index contributed by atoms with van der Waals surface area (Å²) in [5.41, 5.74) is 0.988. The number of piperidine rings is 2. The minimum Gasteiger partial charge on any atom is -0.356 e. The minimum absolute atomic E-state index is 0.0210. The van der Waals surface area contributed by atoms with Crippen molar-refractivity contribution in [1.29, 1.82) is 0 Å². The van der Waals surface area contributed by atoms with Crippen molar-refractivity contribution in [2.24, 2.45) is 5.92 Å². The number of nitrogens with zero attached hydrogens (tertiary/aromatic N) is 3. The van der Waals surface area contributed by atoms with Gasteiger partial charge < -0.3 is 10.2 Å². The Morgan fingerprint density at radius 3 is 2.79 bits per heavy atom. The monoisotopic (exact) mass is 416 g/mol. The molecule has 4 heterocycles. The molecule has 29 heavy (non-hydrogen) atoms. The Balaban J connectivity index is 1.37. The van der Waals surface area contributed by atoms with Gasteiger partial charge in [0.1, 0.15) is 10.7 Å². The summed E-state index contributed by atoms with van der Waals surface area (Å²) in [7, 11) is 0. The Morgan fingerprint density at radius 2 is 1.97 bits per heavy atom. The number of thiophene rings is 1. The van der Waals surface area contributed by atoms with E-state index in [4.69, 9.17) is 0 Å². The molecular formula is C22H32N4O2S. The quantitative estimate of drug-likeness (QED) is 0.813. The Morgan fingerprint density at radius 1 is 1.17 bits per heavy atom. The van der Waals surface area contributed by atoms with Crippen molar-refractivity contribution in [3.63, 3.8) is 0 Å². The third kappa shape index (κ3) is 4.12. The zero-order valence-electron chi connectivity index (χ0n) is 17.8. The van der Waals surface area contributed by atoms with Crippen LogP contribution in [0, 0.1) is 26.7 Å². The molecule has 0 bridgehead atoms. The van der Waals surface area contributed by atoms with Gasteiger partial charge in [0.15, 0.2) is 0 Å². The highest BCUT2D eigenvalue weighted by atomic mass is 32.1. The van der Waals surface area contributed by atoms with Crippen molar-refractivity contribution in [1.82, 2.24) is 19.8 Å². The highest BCUT2D eigenvalue weighted by Crippen LogP contribution is 2.30. The fourth-order valence-corrected chi connectivity index (χ4v) is 6.12. The summed E-state index contributed by atoms with van der Waals surface area (Å²) in [6, 6.07) is 0.638. The maximum absolute atomic E-state index is 13.0. The van der Waals surface area contributed by atoms with Crippen LogP contribution in [0.2, 0.25) is 0 Å². The molecule has 4 rings (SSSR count). The summed E-state index contributed by atoms with van der Waals surface area (Å²) in [5, 5.41) is 3.85. The van der Waals surface area contributed by atoms with Crippen LogP contribution in [-0.4, -0.2) is 46.0 Å². The molecule has 0 spiro atoms. The van der Waals surface area contributed by atoms with Gasteiger partial charge in [-0.2, -0.15) is 0 Å². The molecule has 2 aliphatic rings. The third-order valence-electron chi connectivity index (χ3n) is 6.83. The number of carbonyl (C=O) groups excluding carboxylic acids is 1. The standard InChI is InChI=1S/C22H32N4O2S/c1-14-15(2)29-21-20(14)22(28)26(16(3)24-21)12-9-19(27)23-13-17-7-6-11-25-10-5-4-8-18(17)25/h17-18H,4-13H2,1-3H3,(H,23,27)/t17-,18-/m1/s1. The molecule has 0 aliphatic carbocycles. The van der Waals surface area contributed by atoms with E-state index in [-0.39, 0.29) is 11.5 Å². The van der Waals surface area contributed by atoms with E-state index < -0.39 is 0 Å². The Bertz CT molecular complexity index is 962. The molecule has 6 nitrogen and oxygen atoms in total. The van der Waals surface area contributed by atoms with Crippen LogP contribution in [0.3, 0.4) is 0 Å². The van der Waals surface area contributed by atoms with Crippen molar-refractivity contribution in [3.8, 4) is 0 Å². The van der Waals surface area contributed by atoms with Gasteiger partial charge in [0.2, 0.25) is 5.91 Å². The smallest absolute Gasteiger partial charge is 0.262 e. The average molecular weight is 417 g/mol. The van der Waals surface area contributed by atoms with Crippen LogP contribution in [0.1, 0.15) is 54.8 Å². The summed E-state index contributed by atoms with van der Waals surface area (Å²) >= 11 is 1.57. The lowest BCUT2D eigenvalue weighted by atomic mass is 9.83. The summed E-state index contributed by atoms with van der Waals surface area (Å²) < 4.78 is 1.66. The summed E-state index contributed by atoms with van der Waals surface area (Å²) in [4.78, 5) is 34.6. The summed E-state index contributed by atoms with van der Waals surface area (Å²) in [6.45, 7) is 9.42. The first-order chi connectivity index (χ1) is 14.0. The molecule has 0 aromatic carbocycles. The lowest BCUT2D eigenvalue weighted by Gasteiger charge is -2.44. The van der Waals surface area contributed by atoms with Gasteiger partial charge in [-0.15, -0.1) is 11.3 Å². The zero-order chi connectivity index (χ0) is 20.5. The number of amides is 1. The number of aromatic nitrogens is 2. The third-order valence-corrected chi connectivity index (χ3v) is 7.93. The van der Waals surface area contributed by atoms with Gasteiger partial charge in [-0.05, 0) is 71.0 Å². The summed E-state index contributed by atoms with van der Waals surface area (Å²) in [5.74, 6) is 1.27. The fourth-order valence-electron chi connectivity index (χ4n) is 5.05. The number of rotatable bonds is 5. The van der Waals surface area contributed by atoms with E-state index in [2.05, 4.69) is 15.2 Å². The molecule has 1 N–H and O–H groups in total. The molecule has 2 saturated heterocycles. The van der Waals surface area contributed by atoms with Gasteiger partial charge in [-0.3, -0.25) is 14.2 Å². The highest BCUT2D eigenvalue weighted by Gasteiger charge is 2.32. The topological polar surface area (TPSA) is 67.2 Å². The predicted molar refractivity (Wildman–Crippen MR) is 118 cm³/mol. The average Bonchev–Trinajstić information content (AvgIpc) is 2.99. The number of carbonyl (C=O) groups is 1. The van der Waals surface area contributed by atoms with Crippen molar-refractivity contribution >= 4 is 27.5 Å². The second-order valence-electron chi connectivity index (χ2n) is 8.63. The van der Waals surface area contributed by atoms with Crippen molar-refractivity contribution in [2.75, 3.05) is 19.6 Å². The van der Waals surface area contributed by atoms with Crippen molar-refractivity contribution in [2.45, 2.75) is 71.9 Å². The normalized spacial score (nSPS) is 22.6. The molecule has 158 valence electrons. The summed E-state index contributed by atoms with van der Waals surface area (Å²) in [6.07, 6.45) is 6.64. The van der Waals surface area contributed by atoms with Crippen LogP contribution in [0.15, 0.2) is 4.79 Å². The van der Waals surface area contributed by atoms with Crippen molar-refractivity contribution in [3.05, 3.63) is 26.6 Å². The molecule has 1 amide bonds. The molecule has 2 fully saturated rings. The molecular weight excluding hydrogens is 384 g/mol. The van der Waals surface area contributed by atoms with Crippen LogP contribution >= 0.6 is 11.3 Å². The number of fused-ring (bicyclic) bond motifs is 2. The minimum atomic E-state index is -0.0210. The number of hydrogen-bond acceptors (Lipinski definition) is 5. The van der Waals surface area contributed by atoms with Gasteiger partial charge in [-0.1, -0.05) is 6.42 Å². The fraction of sp³-hybridized carbons (Fsp3) is 0.682. The molecule has 2 aliphatic heterocycles. The van der Waals surface area contributed by atoms with Gasteiger partial charge >= 0.3 is 0 Å². The van der Waals surface area contributed by atoms with Gasteiger partial charge in [0.25, 0.3) is 5.56 Å². The molecule has 2 aromatic rings. The van der Waals surface area contributed by atoms with Crippen LogP contribution in [0.4, 0.5) is 0 Å². The molecule has 2 atom stereocenters. The van der Waals surface area contributed by atoms with E-state index in [1.165, 1.54) is 45.2 Å². The second kappa shape index (κ2) is 8.56. The molecule has 0 saturated carbocycles. The number of nitrogens with one attached hydrogen (secondary N) is 1. The first-order valence-corrected chi connectivity index (χ1v) is 11.7. The second-order valence-corrected chi connectivity index (χ2v) is 9.84. The lowest BCUT2D eigenvalue weighted by Crippen LogP contribution is -2.51. The predicted octanol–water partition coefficient (Wildman–Crippen LogP) is 3.15. The van der Waals surface area contributed by atoms with Crippen LogP contribution < -0.4 is 10.9 Å². The van der Waals surface area contributed by atoms with Crippen LogP contribution in [0.5, 0.6) is 0 Å².